The zero-order chi connectivity index (χ0) is 31.7. The van der Waals surface area contributed by atoms with Crippen LogP contribution in [0.3, 0.4) is 0 Å². The number of fused-ring (bicyclic) bond motifs is 2. The standard InChI is InChI=1S/C35H42N6O4/c1-22-33-32(38-34(41(33)17-16-36-22)23-10-13-25(14-11-23)39(2)18-19-43-4)24-12-15-27(31(20-24)45-6)37-35(42)29-21-26-28(40(29)3)8-7-9-30(26)44-5/h7-9,12,15-17,20-21,23,25H,10-11,13-14,18-19H2,1-6H3,(H,37,42)/t23-,25+. The molecule has 0 atom stereocenters. The molecule has 0 spiro atoms. The second kappa shape index (κ2) is 12.9. The van der Waals surface area contributed by atoms with E-state index in [0.717, 1.165) is 83.8 Å². The first-order valence-corrected chi connectivity index (χ1v) is 15.5. The van der Waals surface area contributed by atoms with E-state index in [9.17, 15) is 4.79 Å². The van der Waals surface area contributed by atoms with Crippen molar-refractivity contribution in [2.45, 2.75) is 44.6 Å². The second-order valence-corrected chi connectivity index (χ2v) is 11.9. The van der Waals surface area contributed by atoms with Crippen LogP contribution in [0.2, 0.25) is 0 Å². The number of aromatic nitrogens is 4. The third-order valence-electron chi connectivity index (χ3n) is 9.32. The topological polar surface area (TPSA) is 95.2 Å². The predicted molar refractivity (Wildman–Crippen MR) is 177 cm³/mol. The molecule has 1 amide bonds. The number of aryl methyl sites for hydroxylation is 2. The molecule has 236 valence electrons. The Labute approximate surface area is 263 Å². The number of imidazole rings is 1. The quantitative estimate of drug-likeness (QED) is 0.205. The third-order valence-corrected chi connectivity index (χ3v) is 9.32. The van der Waals surface area contributed by atoms with Crippen molar-refractivity contribution in [1.82, 2.24) is 23.8 Å². The normalized spacial score (nSPS) is 16.9. The van der Waals surface area contributed by atoms with Gasteiger partial charge in [-0.05, 0) is 70.0 Å². The van der Waals surface area contributed by atoms with Gasteiger partial charge in [-0.1, -0.05) is 12.1 Å². The number of benzene rings is 2. The third kappa shape index (κ3) is 5.76. The summed E-state index contributed by atoms with van der Waals surface area (Å²) in [5.41, 5.74) is 5.71. The lowest BCUT2D eigenvalue weighted by Crippen LogP contribution is -2.37. The zero-order valence-corrected chi connectivity index (χ0v) is 27.0. The number of amides is 1. The van der Waals surface area contributed by atoms with Crippen LogP contribution in [0, 0.1) is 6.92 Å². The van der Waals surface area contributed by atoms with Gasteiger partial charge in [-0.3, -0.25) is 14.2 Å². The first-order valence-electron chi connectivity index (χ1n) is 15.5. The smallest absolute Gasteiger partial charge is 0.272 e. The number of nitrogens with zero attached hydrogens (tertiary/aromatic N) is 5. The van der Waals surface area contributed by atoms with Gasteiger partial charge in [0.2, 0.25) is 0 Å². The van der Waals surface area contributed by atoms with Gasteiger partial charge in [-0.25, -0.2) is 4.98 Å². The Morgan fingerprint density at radius 1 is 1.04 bits per heavy atom. The molecular formula is C35H42N6O4. The van der Waals surface area contributed by atoms with Crippen molar-refractivity contribution in [3.8, 4) is 22.8 Å². The second-order valence-electron chi connectivity index (χ2n) is 11.9. The van der Waals surface area contributed by atoms with Gasteiger partial charge in [-0.15, -0.1) is 0 Å². The lowest BCUT2D eigenvalue weighted by atomic mass is 9.85. The summed E-state index contributed by atoms with van der Waals surface area (Å²) in [4.78, 5) is 25.8. The molecule has 0 unspecified atom stereocenters. The minimum atomic E-state index is -0.236. The highest BCUT2D eigenvalue weighted by atomic mass is 16.5. The van der Waals surface area contributed by atoms with E-state index in [2.05, 4.69) is 26.6 Å². The minimum Gasteiger partial charge on any atom is -0.496 e. The molecule has 0 radical (unpaired) electrons. The fraction of sp³-hybridized carbons (Fsp3) is 0.400. The Balaban J connectivity index is 1.28. The molecule has 6 rings (SSSR count). The maximum atomic E-state index is 13.5. The number of likely N-dealkylation sites (N-methyl/N-ethyl adjacent to an activating group) is 1. The zero-order valence-electron chi connectivity index (χ0n) is 27.0. The Hall–Kier alpha value is -4.41. The van der Waals surface area contributed by atoms with Gasteiger partial charge < -0.3 is 29.0 Å². The maximum Gasteiger partial charge on any atom is 0.272 e. The van der Waals surface area contributed by atoms with Crippen LogP contribution < -0.4 is 14.8 Å². The van der Waals surface area contributed by atoms with Gasteiger partial charge >= 0.3 is 0 Å². The van der Waals surface area contributed by atoms with Crippen molar-refractivity contribution in [3.05, 3.63) is 72.1 Å². The highest BCUT2D eigenvalue weighted by Gasteiger charge is 2.29. The fourth-order valence-corrected chi connectivity index (χ4v) is 6.76. The molecule has 0 saturated heterocycles. The largest absolute Gasteiger partial charge is 0.496 e. The van der Waals surface area contributed by atoms with Crippen molar-refractivity contribution in [2.24, 2.45) is 7.05 Å². The highest BCUT2D eigenvalue weighted by molar-refractivity contribution is 6.08. The molecular weight excluding hydrogens is 568 g/mol. The maximum absolute atomic E-state index is 13.5. The average molecular weight is 611 g/mol. The van der Waals surface area contributed by atoms with Crippen LogP contribution in [0.1, 0.15) is 53.6 Å². The van der Waals surface area contributed by atoms with Crippen LogP contribution in [0.4, 0.5) is 5.69 Å². The van der Waals surface area contributed by atoms with E-state index < -0.39 is 0 Å². The molecule has 0 aliphatic heterocycles. The van der Waals surface area contributed by atoms with Crippen molar-refractivity contribution < 1.29 is 19.0 Å². The van der Waals surface area contributed by atoms with Gasteiger partial charge in [0.1, 0.15) is 23.0 Å². The summed E-state index contributed by atoms with van der Waals surface area (Å²) in [6, 6.07) is 14.0. The molecule has 45 heavy (non-hydrogen) atoms. The number of rotatable bonds is 10. The van der Waals surface area contributed by atoms with Crippen LogP contribution >= 0.6 is 0 Å². The van der Waals surface area contributed by atoms with Gasteiger partial charge in [0.25, 0.3) is 5.91 Å². The van der Waals surface area contributed by atoms with E-state index in [1.54, 1.807) is 21.3 Å². The van der Waals surface area contributed by atoms with Crippen LogP contribution in [0.5, 0.6) is 11.5 Å². The van der Waals surface area contributed by atoms with E-state index in [1.807, 2.05) is 73.4 Å². The van der Waals surface area contributed by atoms with Crippen LogP contribution in [0.25, 0.3) is 27.7 Å². The van der Waals surface area contributed by atoms with Gasteiger partial charge in [0.05, 0.1) is 48.9 Å². The number of anilines is 1. The van der Waals surface area contributed by atoms with Crippen LogP contribution in [-0.2, 0) is 11.8 Å². The number of carbonyl (C=O) groups excluding carboxylic acids is 1. The molecule has 1 fully saturated rings. The lowest BCUT2D eigenvalue weighted by Gasteiger charge is -2.34. The molecule has 2 aromatic carbocycles. The summed E-state index contributed by atoms with van der Waals surface area (Å²) < 4.78 is 20.7. The lowest BCUT2D eigenvalue weighted by molar-refractivity contribution is 0.101. The van der Waals surface area contributed by atoms with Crippen LogP contribution in [0.15, 0.2) is 54.9 Å². The number of nitrogens with one attached hydrogen (secondary N) is 1. The average Bonchev–Trinajstić information content (AvgIpc) is 3.63. The molecule has 3 aromatic heterocycles. The molecule has 1 aliphatic rings. The summed E-state index contributed by atoms with van der Waals surface area (Å²) in [6.45, 7) is 3.72. The molecule has 0 bridgehead atoms. The predicted octanol–water partition coefficient (Wildman–Crippen LogP) is 6.07. The van der Waals surface area contributed by atoms with Gasteiger partial charge in [-0.2, -0.15) is 0 Å². The minimum absolute atomic E-state index is 0.236. The number of methoxy groups -OCH3 is 3. The van der Waals surface area contributed by atoms with Crippen LogP contribution in [-0.4, -0.2) is 77.3 Å². The number of hydrogen-bond acceptors (Lipinski definition) is 7. The molecule has 1 N–H and O–H groups in total. The highest BCUT2D eigenvalue weighted by Crippen LogP contribution is 2.39. The number of carbonyl (C=O) groups is 1. The Bertz CT molecular complexity index is 1840. The van der Waals surface area contributed by atoms with E-state index >= 15 is 0 Å². The van der Waals surface area contributed by atoms with Crippen molar-refractivity contribution in [3.63, 3.8) is 0 Å². The van der Waals surface area contributed by atoms with E-state index in [-0.39, 0.29) is 5.91 Å². The Morgan fingerprint density at radius 2 is 1.82 bits per heavy atom. The van der Waals surface area contributed by atoms with Gasteiger partial charge in [0, 0.05) is 56.0 Å². The summed E-state index contributed by atoms with van der Waals surface area (Å²) in [5.74, 6) is 2.48. The summed E-state index contributed by atoms with van der Waals surface area (Å²) in [6.07, 6.45) is 8.29. The summed E-state index contributed by atoms with van der Waals surface area (Å²) >= 11 is 0. The number of ether oxygens (including phenoxy) is 3. The Morgan fingerprint density at radius 3 is 2.56 bits per heavy atom. The van der Waals surface area contributed by atoms with E-state index in [4.69, 9.17) is 19.2 Å². The first-order chi connectivity index (χ1) is 21.8. The molecule has 10 heteroatoms. The molecule has 1 saturated carbocycles. The SMILES string of the molecule is COCCN(C)[C@H]1CC[C@@H](c2nc(-c3ccc(NC(=O)c4cc5c(OC)cccc5n4C)c(OC)c3)c3c(C)nccn32)CC1. The fourth-order valence-electron chi connectivity index (χ4n) is 6.76. The first kappa shape index (κ1) is 30.6. The van der Waals surface area contributed by atoms with Crippen molar-refractivity contribution in [2.75, 3.05) is 46.8 Å². The summed E-state index contributed by atoms with van der Waals surface area (Å²) in [7, 11) is 9.07. The van der Waals surface area contributed by atoms with Crippen molar-refractivity contribution >= 4 is 28.0 Å². The molecule has 5 aromatic rings. The number of hydrogen-bond donors (Lipinski definition) is 1. The monoisotopic (exact) mass is 610 g/mol. The summed E-state index contributed by atoms with van der Waals surface area (Å²) in [5, 5.41) is 3.93. The molecule has 1 aliphatic carbocycles. The molecule has 10 nitrogen and oxygen atoms in total. The molecule has 3 heterocycles. The van der Waals surface area contributed by atoms with Crippen molar-refractivity contribution in [1.29, 1.82) is 0 Å². The van der Waals surface area contributed by atoms with E-state index in [1.165, 1.54) is 0 Å². The Kier molecular flexibility index (Phi) is 8.78. The van der Waals surface area contributed by atoms with E-state index in [0.29, 0.717) is 29.1 Å². The van der Waals surface area contributed by atoms with Gasteiger partial charge in [0.15, 0.2) is 0 Å².